The van der Waals surface area contributed by atoms with E-state index in [4.69, 9.17) is 10.5 Å². The molecule has 0 unspecified atom stereocenters. The Morgan fingerprint density at radius 1 is 1.33 bits per heavy atom. The molecule has 0 saturated heterocycles. The van der Waals surface area contributed by atoms with E-state index in [9.17, 15) is 0 Å². The highest BCUT2D eigenvalue weighted by molar-refractivity contribution is 9.10. The first-order chi connectivity index (χ1) is 8.79. The van der Waals surface area contributed by atoms with Gasteiger partial charge in [-0.2, -0.15) is 5.10 Å². The quantitative estimate of drug-likeness (QED) is 0.834. The van der Waals surface area contributed by atoms with Crippen LogP contribution in [0.25, 0.3) is 0 Å². The zero-order valence-electron chi connectivity index (χ0n) is 10.1. The second kappa shape index (κ2) is 6.56. The zero-order chi connectivity index (χ0) is 12.8. The molecule has 5 heteroatoms. The Morgan fingerprint density at radius 3 is 2.89 bits per heavy atom. The van der Waals surface area contributed by atoms with E-state index in [1.54, 1.807) is 6.20 Å². The predicted octanol–water partition coefficient (Wildman–Crippen LogP) is 2.57. The van der Waals surface area contributed by atoms with Crippen LogP contribution >= 0.6 is 15.9 Å². The number of benzene rings is 1. The number of hydrogen-bond donors (Lipinski definition) is 1. The highest BCUT2D eigenvalue weighted by Gasteiger charge is 2.01. The van der Waals surface area contributed by atoms with Crippen LogP contribution in [0.3, 0.4) is 0 Å². The van der Waals surface area contributed by atoms with E-state index in [2.05, 4.69) is 21.0 Å². The summed E-state index contributed by atoms with van der Waals surface area (Å²) in [6.45, 7) is 2.01. The molecule has 0 fully saturated rings. The van der Waals surface area contributed by atoms with Crippen molar-refractivity contribution in [3.8, 4) is 5.75 Å². The lowest BCUT2D eigenvalue weighted by atomic mass is 10.2. The summed E-state index contributed by atoms with van der Waals surface area (Å²) < 4.78 is 8.61. The normalized spacial score (nSPS) is 10.6. The van der Waals surface area contributed by atoms with Gasteiger partial charge in [-0.3, -0.25) is 4.68 Å². The van der Waals surface area contributed by atoms with Crippen LogP contribution in [0.4, 0.5) is 0 Å². The van der Waals surface area contributed by atoms with Crippen molar-refractivity contribution in [3.05, 3.63) is 46.7 Å². The van der Waals surface area contributed by atoms with Crippen molar-refractivity contribution in [1.29, 1.82) is 0 Å². The standard InChI is InChI=1S/C13H16BrN3O/c14-12-9-16-17(10-12)6-3-7-18-13-5-2-1-4-11(13)8-15/h1-2,4-5,9-10H,3,6-8,15H2. The molecule has 96 valence electrons. The number of halogens is 1. The molecule has 2 rings (SSSR count). The van der Waals surface area contributed by atoms with Gasteiger partial charge >= 0.3 is 0 Å². The first-order valence-corrected chi connectivity index (χ1v) is 6.67. The predicted molar refractivity (Wildman–Crippen MR) is 74.4 cm³/mol. The smallest absolute Gasteiger partial charge is 0.123 e. The van der Waals surface area contributed by atoms with E-state index < -0.39 is 0 Å². The van der Waals surface area contributed by atoms with E-state index in [0.717, 1.165) is 28.8 Å². The molecule has 18 heavy (non-hydrogen) atoms. The lowest BCUT2D eigenvalue weighted by Crippen LogP contribution is -2.07. The Labute approximate surface area is 115 Å². The minimum absolute atomic E-state index is 0.502. The summed E-state index contributed by atoms with van der Waals surface area (Å²) in [6, 6.07) is 7.86. The monoisotopic (exact) mass is 309 g/mol. The summed E-state index contributed by atoms with van der Waals surface area (Å²) in [4.78, 5) is 0. The molecule has 1 aromatic heterocycles. The summed E-state index contributed by atoms with van der Waals surface area (Å²) in [5.41, 5.74) is 6.69. The number of ether oxygens (including phenoxy) is 1. The average Bonchev–Trinajstić information content (AvgIpc) is 2.81. The van der Waals surface area contributed by atoms with Gasteiger partial charge in [-0.1, -0.05) is 18.2 Å². The molecule has 1 heterocycles. The Bertz CT molecular complexity index is 498. The Hall–Kier alpha value is -1.33. The fraction of sp³-hybridized carbons (Fsp3) is 0.308. The van der Waals surface area contributed by atoms with Crippen molar-refractivity contribution in [3.63, 3.8) is 0 Å². The van der Waals surface area contributed by atoms with Gasteiger partial charge in [0.25, 0.3) is 0 Å². The zero-order valence-corrected chi connectivity index (χ0v) is 11.6. The van der Waals surface area contributed by atoms with Crippen molar-refractivity contribution in [2.24, 2.45) is 5.73 Å². The fourth-order valence-corrected chi connectivity index (χ4v) is 2.01. The molecule has 2 N–H and O–H groups in total. The van der Waals surface area contributed by atoms with Gasteiger partial charge in [-0.05, 0) is 22.0 Å². The number of hydrogen-bond acceptors (Lipinski definition) is 3. The van der Waals surface area contributed by atoms with Crippen molar-refractivity contribution < 1.29 is 4.74 Å². The molecule has 0 radical (unpaired) electrons. The third-order valence-corrected chi connectivity index (χ3v) is 2.99. The van der Waals surface area contributed by atoms with Crippen LogP contribution in [0.5, 0.6) is 5.75 Å². The summed E-state index contributed by atoms with van der Waals surface area (Å²) in [5.74, 6) is 0.877. The van der Waals surface area contributed by atoms with Crippen LogP contribution in [-0.4, -0.2) is 16.4 Å². The van der Waals surface area contributed by atoms with Gasteiger partial charge < -0.3 is 10.5 Å². The van der Waals surface area contributed by atoms with Crippen LogP contribution in [0.2, 0.25) is 0 Å². The van der Waals surface area contributed by atoms with Gasteiger partial charge in [0.1, 0.15) is 5.75 Å². The van der Waals surface area contributed by atoms with Crippen molar-refractivity contribution in [1.82, 2.24) is 9.78 Å². The average molecular weight is 310 g/mol. The first-order valence-electron chi connectivity index (χ1n) is 5.88. The minimum atomic E-state index is 0.502. The van der Waals surface area contributed by atoms with E-state index in [-0.39, 0.29) is 0 Å². The molecule has 0 amide bonds. The van der Waals surface area contributed by atoms with E-state index in [1.807, 2.05) is 35.1 Å². The number of aromatic nitrogens is 2. The number of rotatable bonds is 6. The van der Waals surface area contributed by atoms with Gasteiger partial charge in [-0.25, -0.2) is 0 Å². The van der Waals surface area contributed by atoms with Crippen molar-refractivity contribution in [2.75, 3.05) is 6.61 Å². The van der Waals surface area contributed by atoms with Crippen LogP contribution in [0.1, 0.15) is 12.0 Å². The minimum Gasteiger partial charge on any atom is -0.493 e. The van der Waals surface area contributed by atoms with E-state index >= 15 is 0 Å². The summed E-state index contributed by atoms with van der Waals surface area (Å²) in [6.07, 6.45) is 4.64. The first kappa shape index (κ1) is 13.1. The van der Waals surface area contributed by atoms with Gasteiger partial charge in [0.05, 0.1) is 17.3 Å². The van der Waals surface area contributed by atoms with Crippen LogP contribution in [-0.2, 0) is 13.1 Å². The maximum atomic E-state index is 5.72. The summed E-state index contributed by atoms with van der Waals surface area (Å²) in [5, 5.41) is 4.19. The van der Waals surface area contributed by atoms with Gasteiger partial charge in [-0.15, -0.1) is 0 Å². The fourth-order valence-electron chi connectivity index (χ4n) is 1.68. The lowest BCUT2D eigenvalue weighted by Gasteiger charge is -2.09. The Kier molecular flexibility index (Phi) is 4.78. The summed E-state index contributed by atoms with van der Waals surface area (Å²) in [7, 11) is 0. The molecule has 0 spiro atoms. The molecule has 0 bridgehead atoms. The van der Waals surface area contributed by atoms with Gasteiger partial charge in [0.2, 0.25) is 0 Å². The molecule has 0 atom stereocenters. The Balaban J connectivity index is 1.78. The maximum Gasteiger partial charge on any atom is 0.123 e. The SMILES string of the molecule is NCc1ccccc1OCCCn1cc(Br)cn1. The van der Waals surface area contributed by atoms with Crippen LogP contribution < -0.4 is 10.5 Å². The van der Waals surface area contributed by atoms with E-state index in [0.29, 0.717) is 13.2 Å². The molecule has 4 nitrogen and oxygen atoms in total. The molecule has 0 saturated carbocycles. The van der Waals surface area contributed by atoms with Crippen LogP contribution in [0.15, 0.2) is 41.1 Å². The largest absolute Gasteiger partial charge is 0.493 e. The number of para-hydroxylation sites is 1. The second-order valence-corrected chi connectivity index (χ2v) is 4.85. The molecule has 0 aliphatic heterocycles. The van der Waals surface area contributed by atoms with Crippen molar-refractivity contribution >= 4 is 15.9 Å². The van der Waals surface area contributed by atoms with E-state index in [1.165, 1.54) is 0 Å². The topological polar surface area (TPSA) is 53.1 Å². The third kappa shape index (κ3) is 3.58. The lowest BCUT2D eigenvalue weighted by molar-refractivity contribution is 0.296. The highest BCUT2D eigenvalue weighted by Crippen LogP contribution is 2.17. The Morgan fingerprint density at radius 2 is 2.17 bits per heavy atom. The molecule has 0 aliphatic rings. The summed E-state index contributed by atoms with van der Waals surface area (Å²) >= 11 is 3.37. The van der Waals surface area contributed by atoms with Gasteiger partial charge in [0, 0.05) is 31.3 Å². The molecule has 1 aromatic carbocycles. The maximum absolute atomic E-state index is 5.72. The van der Waals surface area contributed by atoms with Crippen molar-refractivity contribution in [2.45, 2.75) is 19.5 Å². The van der Waals surface area contributed by atoms with Crippen LogP contribution in [0, 0.1) is 0 Å². The molecular weight excluding hydrogens is 294 g/mol. The van der Waals surface area contributed by atoms with Gasteiger partial charge in [0.15, 0.2) is 0 Å². The highest BCUT2D eigenvalue weighted by atomic mass is 79.9. The second-order valence-electron chi connectivity index (χ2n) is 3.94. The number of aryl methyl sites for hydroxylation is 1. The number of nitrogens with zero attached hydrogens (tertiary/aromatic N) is 2. The molecule has 0 aliphatic carbocycles. The number of nitrogens with two attached hydrogens (primary N) is 1. The molecular formula is C13H16BrN3O. The third-order valence-electron chi connectivity index (χ3n) is 2.58. The molecule has 2 aromatic rings.